The Kier molecular flexibility index (Phi) is 4.32. The number of carbonyl (C=O) groups excluding carboxylic acids is 1. The van der Waals surface area contributed by atoms with Crippen molar-refractivity contribution in [1.82, 2.24) is 0 Å². The summed E-state index contributed by atoms with van der Waals surface area (Å²) in [6.07, 6.45) is 0. The van der Waals surface area contributed by atoms with Crippen LogP contribution in [0.5, 0.6) is 0 Å². The van der Waals surface area contributed by atoms with E-state index in [4.69, 9.17) is 5.26 Å². The van der Waals surface area contributed by atoms with Gasteiger partial charge in [0.2, 0.25) is 0 Å². The van der Waals surface area contributed by atoms with Gasteiger partial charge in [0.05, 0.1) is 0 Å². The maximum absolute atomic E-state index is 11.8. The quantitative estimate of drug-likeness (QED) is 0.475. The molecule has 1 atom stereocenters. The van der Waals surface area contributed by atoms with Gasteiger partial charge in [-0.25, -0.2) is 0 Å². The van der Waals surface area contributed by atoms with E-state index in [-0.39, 0.29) is 10.3 Å². The van der Waals surface area contributed by atoms with E-state index in [1.807, 2.05) is 0 Å². The fraction of sp³-hybridized carbons (Fsp3) is 0.222. The third-order valence-electron chi connectivity index (χ3n) is 1.83. The molecule has 0 heterocycles. The van der Waals surface area contributed by atoms with E-state index in [0.29, 0.717) is 5.69 Å². The minimum absolute atomic E-state index is 0.217. The van der Waals surface area contributed by atoms with Crippen LogP contribution < -0.4 is 9.67 Å². The van der Waals surface area contributed by atoms with Crippen molar-refractivity contribution in [2.75, 3.05) is 12.4 Å². The van der Waals surface area contributed by atoms with Gasteiger partial charge in [-0.3, -0.25) is 0 Å². The predicted octanol–water partition coefficient (Wildman–Crippen LogP) is 0.357. The number of amides is 1. The fourth-order valence-electron chi connectivity index (χ4n) is 1.14. The van der Waals surface area contributed by atoms with Gasteiger partial charge in [0, 0.05) is 0 Å². The van der Waals surface area contributed by atoms with E-state index in [1.54, 1.807) is 12.1 Å². The van der Waals surface area contributed by atoms with Crippen LogP contribution in [0.15, 0.2) is 24.3 Å². The van der Waals surface area contributed by atoms with Crippen LogP contribution in [-0.4, -0.2) is 32.4 Å². The molecule has 1 aromatic rings. The number of carbonyl (C=O) groups is 1. The minimum atomic E-state index is -4.36. The molecule has 1 unspecified atom stereocenters. The zero-order valence-corrected chi connectivity index (χ0v) is 10.7. The molecule has 6 nitrogen and oxygen atoms in total. The Balaban J connectivity index is 3.07. The third-order valence-corrected chi connectivity index (χ3v) is 5.20. The average Bonchev–Trinajstić information content (AvgIpc) is 2.27. The number of hydrogen-bond acceptors (Lipinski definition) is 5. The molecule has 2 N–H and O–H groups in total. The average molecular weight is 289 g/mol. The molecule has 1 rings (SSSR count). The number of hydrogen-bond donors (Lipinski definition) is 2. The van der Waals surface area contributed by atoms with E-state index in [9.17, 15) is 8.53 Å². The second-order valence-corrected chi connectivity index (χ2v) is 7.27. The summed E-state index contributed by atoms with van der Waals surface area (Å²) < 4.78 is 20.6. The molecular formula is C9H12AsNO5. The molecule has 0 radical (unpaired) electrons. The normalized spacial score (nSPS) is 14.2. The molecule has 16 heavy (non-hydrogen) atoms. The second-order valence-electron chi connectivity index (χ2n) is 2.99. The van der Waals surface area contributed by atoms with Gasteiger partial charge in [0.1, 0.15) is 0 Å². The standard InChI is InChI=1S/C9H12AsNO5/c1-7(12)11-9-5-3-4-8(6-9)10(13,15-2)16-14/h3-6,14H,1-2H3,(H,11,12). The molecule has 88 valence electrons. The Morgan fingerprint density at radius 1 is 1.50 bits per heavy atom. The first-order valence-electron chi connectivity index (χ1n) is 4.39. The molecule has 0 bridgehead atoms. The van der Waals surface area contributed by atoms with Gasteiger partial charge in [0.15, 0.2) is 0 Å². The number of anilines is 1. The van der Waals surface area contributed by atoms with Crippen LogP contribution in [-0.2, 0) is 16.1 Å². The summed E-state index contributed by atoms with van der Waals surface area (Å²) in [6.45, 7) is 1.36. The second kappa shape index (κ2) is 5.32. The third kappa shape index (κ3) is 2.96. The van der Waals surface area contributed by atoms with Gasteiger partial charge in [-0.1, -0.05) is 0 Å². The molecule has 0 fully saturated rings. The van der Waals surface area contributed by atoms with E-state index in [0.717, 1.165) is 0 Å². The van der Waals surface area contributed by atoms with Crippen molar-refractivity contribution in [1.29, 1.82) is 0 Å². The van der Waals surface area contributed by atoms with E-state index in [1.165, 1.54) is 26.2 Å². The Labute approximate surface area is 95.5 Å². The molecule has 0 spiro atoms. The fourth-order valence-corrected chi connectivity index (χ4v) is 3.11. The molecule has 0 saturated carbocycles. The van der Waals surface area contributed by atoms with Crippen molar-refractivity contribution in [3.05, 3.63) is 24.3 Å². The number of nitrogens with one attached hydrogen (secondary N) is 1. The number of benzene rings is 1. The molecule has 0 saturated heterocycles. The maximum atomic E-state index is 11.8. The first kappa shape index (κ1) is 13.0. The molecule has 0 aliphatic heterocycles. The summed E-state index contributed by atoms with van der Waals surface area (Å²) in [6, 6.07) is 6.12. The van der Waals surface area contributed by atoms with Gasteiger partial charge in [-0.15, -0.1) is 0 Å². The Hall–Kier alpha value is -1.07. The zero-order valence-electron chi connectivity index (χ0n) is 8.84. The van der Waals surface area contributed by atoms with Crippen LogP contribution in [0.25, 0.3) is 0 Å². The van der Waals surface area contributed by atoms with Gasteiger partial charge >= 0.3 is 95.1 Å². The molecule has 1 amide bonds. The summed E-state index contributed by atoms with van der Waals surface area (Å²) in [7, 11) is 1.18. The van der Waals surface area contributed by atoms with Crippen molar-refractivity contribution < 1.29 is 21.4 Å². The van der Waals surface area contributed by atoms with Crippen LogP contribution >= 0.6 is 0 Å². The molecule has 1 aromatic carbocycles. The Morgan fingerprint density at radius 3 is 2.69 bits per heavy atom. The van der Waals surface area contributed by atoms with Gasteiger partial charge in [-0.05, 0) is 0 Å². The summed E-state index contributed by atoms with van der Waals surface area (Å²) in [4.78, 5) is 10.8. The van der Waals surface area contributed by atoms with Gasteiger partial charge in [-0.2, -0.15) is 0 Å². The van der Waals surface area contributed by atoms with Crippen molar-refractivity contribution in [3.8, 4) is 0 Å². The molecule has 0 aromatic heterocycles. The van der Waals surface area contributed by atoms with Crippen LogP contribution in [0, 0.1) is 0 Å². The molecule has 7 heteroatoms. The van der Waals surface area contributed by atoms with Crippen LogP contribution in [0.2, 0.25) is 0 Å². The van der Waals surface area contributed by atoms with Gasteiger partial charge < -0.3 is 0 Å². The van der Waals surface area contributed by atoms with Crippen molar-refractivity contribution in [2.24, 2.45) is 0 Å². The predicted molar refractivity (Wildman–Crippen MR) is 57.5 cm³/mol. The zero-order chi connectivity index (χ0) is 12.2. The Bertz CT molecular complexity index is 426. The van der Waals surface area contributed by atoms with Crippen molar-refractivity contribution >= 4 is 30.1 Å². The first-order valence-corrected chi connectivity index (χ1v) is 7.62. The van der Waals surface area contributed by atoms with Crippen LogP contribution in [0.1, 0.15) is 6.92 Å². The van der Waals surface area contributed by atoms with E-state index < -0.39 is 14.2 Å². The molecular weight excluding hydrogens is 277 g/mol. The van der Waals surface area contributed by atoms with Crippen LogP contribution in [0.4, 0.5) is 5.69 Å². The topological polar surface area (TPSA) is 84.9 Å². The monoisotopic (exact) mass is 289 g/mol. The van der Waals surface area contributed by atoms with Crippen molar-refractivity contribution in [3.63, 3.8) is 0 Å². The summed E-state index contributed by atoms with van der Waals surface area (Å²) in [5.74, 6) is -0.249. The molecule has 0 aliphatic rings. The summed E-state index contributed by atoms with van der Waals surface area (Å²) in [5, 5.41) is 11.1. The Morgan fingerprint density at radius 2 is 2.19 bits per heavy atom. The number of rotatable bonds is 4. The van der Waals surface area contributed by atoms with E-state index in [2.05, 4.69) is 12.9 Å². The summed E-state index contributed by atoms with van der Waals surface area (Å²) in [5.41, 5.74) is 0.459. The van der Waals surface area contributed by atoms with Crippen molar-refractivity contribution in [2.45, 2.75) is 6.92 Å². The van der Waals surface area contributed by atoms with Crippen LogP contribution in [0.3, 0.4) is 0 Å². The summed E-state index contributed by atoms with van der Waals surface area (Å²) >= 11 is -4.36. The SMILES string of the molecule is CO[As](=O)(OO)c1cccc(NC(C)=O)c1. The van der Waals surface area contributed by atoms with E-state index >= 15 is 0 Å². The van der Waals surface area contributed by atoms with Gasteiger partial charge in [0.25, 0.3) is 0 Å². The first-order chi connectivity index (χ1) is 7.51. The molecule has 0 aliphatic carbocycles.